The van der Waals surface area contributed by atoms with Gasteiger partial charge in [0, 0.05) is 32.7 Å². The van der Waals surface area contributed by atoms with Gasteiger partial charge >= 0.3 is 0 Å². The highest BCUT2D eigenvalue weighted by Crippen LogP contribution is 2.10. The zero-order valence-corrected chi connectivity index (χ0v) is 9.74. The van der Waals surface area contributed by atoms with Crippen molar-refractivity contribution in [2.75, 3.05) is 39.8 Å². The SMILES string of the molecule is CCC(C)C(O)CN1CCN(C)CC1. The van der Waals surface area contributed by atoms with Gasteiger partial charge < -0.3 is 10.0 Å². The van der Waals surface area contributed by atoms with Crippen molar-refractivity contribution in [1.29, 1.82) is 0 Å². The van der Waals surface area contributed by atoms with Gasteiger partial charge in [-0.1, -0.05) is 20.3 Å². The Morgan fingerprint density at radius 1 is 1.21 bits per heavy atom. The van der Waals surface area contributed by atoms with Crippen molar-refractivity contribution in [3.63, 3.8) is 0 Å². The Balaban J connectivity index is 2.23. The first-order valence-electron chi connectivity index (χ1n) is 5.72. The molecule has 0 aromatic carbocycles. The molecule has 2 atom stereocenters. The van der Waals surface area contributed by atoms with Crippen molar-refractivity contribution in [1.82, 2.24) is 9.80 Å². The summed E-state index contributed by atoms with van der Waals surface area (Å²) in [5.74, 6) is 0.426. The smallest absolute Gasteiger partial charge is 0.0692 e. The lowest BCUT2D eigenvalue weighted by Crippen LogP contribution is -2.47. The minimum Gasteiger partial charge on any atom is -0.392 e. The van der Waals surface area contributed by atoms with E-state index in [0.717, 1.165) is 39.1 Å². The highest BCUT2D eigenvalue weighted by atomic mass is 16.3. The number of likely N-dealkylation sites (N-methyl/N-ethyl adjacent to an activating group) is 1. The summed E-state index contributed by atoms with van der Waals surface area (Å²) in [5, 5.41) is 9.88. The Hall–Kier alpha value is -0.120. The fraction of sp³-hybridized carbons (Fsp3) is 1.00. The quantitative estimate of drug-likeness (QED) is 0.721. The van der Waals surface area contributed by atoms with Crippen LogP contribution in [0.1, 0.15) is 20.3 Å². The summed E-state index contributed by atoms with van der Waals surface area (Å²) in [6.07, 6.45) is 0.915. The molecule has 3 nitrogen and oxygen atoms in total. The van der Waals surface area contributed by atoms with Gasteiger partial charge in [0.15, 0.2) is 0 Å². The Labute approximate surface area is 87.7 Å². The molecular weight excluding hydrogens is 176 g/mol. The van der Waals surface area contributed by atoms with Gasteiger partial charge in [-0.15, -0.1) is 0 Å². The predicted octanol–water partition coefficient (Wildman–Crippen LogP) is 0.641. The fourth-order valence-corrected chi connectivity index (χ4v) is 1.75. The molecule has 0 spiro atoms. The maximum absolute atomic E-state index is 9.88. The number of hydrogen-bond acceptors (Lipinski definition) is 3. The summed E-state index contributed by atoms with van der Waals surface area (Å²) < 4.78 is 0. The van der Waals surface area contributed by atoms with Gasteiger partial charge in [0.05, 0.1) is 6.10 Å². The van der Waals surface area contributed by atoms with E-state index in [4.69, 9.17) is 0 Å². The average molecular weight is 200 g/mol. The van der Waals surface area contributed by atoms with Crippen molar-refractivity contribution >= 4 is 0 Å². The predicted molar refractivity (Wildman–Crippen MR) is 59.4 cm³/mol. The lowest BCUT2D eigenvalue weighted by atomic mass is 10.0. The lowest BCUT2D eigenvalue weighted by molar-refractivity contribution is 0.0491. The largest absolute Gasteiger partial charge is 0.392 e. The van der Waals surface area contributed by atoms with Crippen LogP contribution in [0.25, 0.3) is 0 Å². The number of β-amino-alcohol motifs (C(OH)–C–C–N with tert-alkyl or cyclic N) is 1. The van der Waals surface area contributed by atoms with Gasteiger partial charge in [-0.05, 0) is 13.0 Å². The molecule has 0 bridgehead atoms. The van der Waals surface area contributed by atoms with Gasteiger partial charge in [0.25, 0.3) is 0 Å². The first-order chi connectivity index (χ1) is 6.63. The molecule has 1 saturated heterocycles. The second-order valence-electron chi connectivity index (χ2n) is 4.56. The summed E-state index contributed by atoms with van der Waals surface area (Å²) in [4.78, 5) is 4.71. The van der Waals surface area contributed by atoms with Crippen molar-refractivity contribution in [3.8, 4) is 0 Å². The third-order valence-electron chi connectivity index (χ3n) is 3.34. The molecule has 0 aromatic heterocycles. The number of aliphatic hydroxyl groups is 1. The summed E-state index contributed by atoms with van der Waals surface area (Å²) in [7, 11) is 2.16. The molecule has 14 heavy (non-hydrogen) atoms. The minimum absolute atomic E-state index is 0.150. The zero-order valence-electron chi connectivity index (χ0n) is 9.74. The van der Waals surface area contributed by atoms with Crippen molar-refractivity contribution in [2.45, 2.75) is 26.4 Å². The van der Waals surface area contributed by atoms with Crippen LogP contribution in [0.3, 0.4) is 0 Å². The molecule has 0 radical (unpaired) electrons. The van der Waals surface area contributed by atoms with Gasteiger partial charge in [-0.3, -0.25) is 4.90 Å². The second kappa shape index (κ2) is 5.69. The van der Waals surface area contributed by atoms with Crippen molar-refractivity contribution in [2.24, 2.45) is 5.92 Å². The van der Waals surface area contributed by atoms with E-state index in [-0.39, 0.29) is 6.10 Å². The van der Waals surface area contributed by atoms with Gasteiger partial charge in [0.2, 0.25) is 0 Å². The molecule has 0 aliphatic carbocycles. The number of piperazine rings is 1. The summed E-state index contributed by atoms with van der Waals surface area (Å²) in [5.41, 5.74) is 0. The van der Waals surface area contributed by atoms with E-state index in [1.165, 1.54) is 0 Å². The van der Waals surface area contributed by atoms with Crippen LogP contribution in [0.5, 0.6) is 0 Å². The molecule has 84 valence electrons. The topological polar surface area (TPSA) is 26.7 Å². The molecule has 0 saturated carbocycles. The highest BCUT2D eigenvalue weighted by Gasteiger charge is 2.19. The summed E-state index contributed by atoms with van der Waals surface area (Å²) >= 11 is 0. The van der Waals surface area contributed by atoms with Gasteiger partial charge in [0.1, 0.15) is 0 Å². The lowest BCUT2D eigenvalue weighted by Gasteiger charge is -2.34. The van der Waals surface area contributed by atoms with Crippen molar-refractivity contribution in [3.05, 3.63) is 0 Å². The molecule has 2 unspecified atom stereocenters. The van der Waals surface area contributed by atoms with Gasteiger partial charge in [-0.2, -0.15) is 0 Å². The molecule has 0 aromatic rings. The number of hydrogen-bond donors (Lipinski definition) is 1. The minimum atomic E-state index is -0.150. The molecule has 1 aliphatic rings. The number of nitrogens with zero attached hydrogens (tertiary/aromatic N) is 2. The first kappa shape index (κ1) is 12.0. The molecule has 1 aliphatic heterocycles. The zero-order chi connectivity index (χ0) is 10.6. The maximum Gasteiger partial charge on any atom is 0.0692 e. The molecule has 0 amide bonds. The van der Waals surface area contributed by atoms with Gasteiger partial charge in [-0.25, -0.2) is 0 Å². The van der Waals surface area contributed by atoms with E-state index >= 15 is 0 Å². The molecule has 1 heterocycles. The first-order valence-corrected chi connectivity index (χ1v) is 5.72. The third-order valence-corrected chi connectivity index (χ3v) is 3.34. The van der Waals surface area contributed by atoms with E-state index < -0.39 is 0 Å². The van der Waals surface area contributed by atoms with E-state index in [9.17, 15) is 5.11 Å². The second-order valence-corrected chi connectivity index (χ2v) is 4.56. The molecule has 1 fully saturated rings. The monoisotopic (exact) mass is 200 g/mol. The summed E-state index contributed by atoms with van der Waals surface area (Å²) in [6, 6.07) is 0. The van der Waals surface area contributed by atoms with Crippen LogP contribution in [0.2, 0.25) is 0 Å². The fourth-order valence-electron chi connectivity index (χ4n) is 1.75. The van der Waals surface area contributed by atoms with Crippen LogP contribution in [-0.4, -0.2) is 60.8 Å². The Morgan fingerprint density at radius 3 is 2.29 bits per heavy atom. The number of rotatable bonds is 4. The standard InChI is InChI=1S/C11H24N2O/c1-4-10(2)11(14)9-13-7-5-12(3)6-8-13/h10-11,14H,4-9H2,1-3H3. The summed E-state index contributed by atoms with van der Waals surface area (Å²) in [6.45, 7) is 9.58. The van der Waals surface area contributed by atoms with Crippen LogP contribution in [0.4, 0.5) is 0 Å². The Morgan fingerprint density at radius 2 is 1.79 bits per heavy atom. The van der Waals surface area contributed by atoms with E-state index in [1.807, 2.05) is 0 Å². The molecular formula is C11H24N2O. The average Bonchev–Trinajstić information content (AvgIpc) is 2.20. The van der Waals surface area contributed by atoms with Crippen LogP contribution in [0, 0.1) is 5.92 Å². The molecule has 1 rings (SSSR count). The maximum atomic E-state index is 9.88. The van der Waals surface area contributed by atoms with Crippen LogP contribution in [0.15, 0.2) is 0 Å². The molecule has 3 heteroatoms. The molecule has 1 N–H and O–H groups in total. The van der Waals surface area contributed by atoms with Crippen molar-refractivity contribution < 1.29 is 5.11 Å². The van der Waals surface area contributed by atoms with E-state index in [2.05, 4.69) is 30.7 Å². The third kappa shape index (κ3) is 3.56. The Bertz CT molecular complexity index is 155. The van der Waals surface area contributed by atoms with Crippen LogP contribution >= 0.6 is 0 Å². The highest BCUT2D eigenvalue weighted by molar-refractivity contribution is 4.74. The number of aliphatic hydroxyl groups excluding tert-OH is 1. The van der Waals surface area contributed by atoms with Crippen LogP contribution in [-0.2, 0) is 0 Å². The van der Waals surface area contributed by atoms with E-state index in [0.29, 0.717) is 5.92 Å². The van der Waals surface area contributed by atoms with Crippen LogP contribution < -0.4 is 0 Å². The normalized spacial score (nSPS) is 24.9. The Kier molecular flexibility index (Phi) is 4.85. The van der Waals surface area contributed by atoms with E-state index in [1.54, 1.807) is 0 Å².